The standard InChI is InChI=1S/C13H14N2O3/c14-13-7-1-3-18-4-2-9(7)15-10-6-12(17)11(16)5-8(10)13/h5-6,16-17H,1-4H2,(H2,14,15). The summed E-state index contributed by atoms with van der Waals surface area (Å²) in [6.07, 6.45) is 1.45. The molecule has 0 amide bonds. The van der Waals surface area contributed by atoms with Gasteiger partial charge in [-0.15, -0.1) is 0 Å². The number of phenols is 2. The number of nitrogens with zero attached hydrogens (tertiary/aromatic N) is 1. The Hall–Kier alpha value is -2.01. The van der Waals surface area contributed by atoms with Crippen LogP contribution in [0.2, 0.25) is 0 Å². The Morgan fingerprint density at radius 3 is 2.67 bits per heavy atom. The van der Waals surface area contributed by atoms with Crippen molar-refractivity contribution in [2.45, 2.75) is 12.8 Å². The van der Waals surface area contributed by atoms with Crippen molar-refractivity contribution in [2.24, 2.45) is 0 Å². The number of benzene rings is 1. The number of ether oxygens (including phenoxy) is 1. The summed E-state index contributed by atoms with van der Waals surface area (Å²) in [7, 11) is 0. The molecule has 0 saturated heterocycles. The van der Waals surface area contributed by atoms with Crippen molar-refractivity contribution < 1.29 is 14.9 Å². The second-order valence-electron chi connectivity index (χ2n) is 4.42. The molecule has 0 radical (unpaired) electrons. The molecule has 0 bridgehead atoms. The zero-order valence-electron chi connectivity index (χ0n) is 9.81. The fourth-order valence-electron chi connectivity index (χ4n) is 2.34. The van der Waals surface area contributed by atoms with Crippen LogP contribution < -0.4 is 5.73 Å². The average Bonchev–Trinajstić information content (AvgIpc) is 2.58. The number of anilines is 1. The van der Waals surface area contributed by atoms with Gasteiger partial charge in [-0.2, -0.15) is 0 Å². The van der Waals surface area contributed by atoms with Crippen LogP contribution in [-0.4, -0.2) is 28.4 Å². The third kappa shape index (κ3) is 1.64. The molecule has 0 atom stereocenters. The van der Waals surface area contributed by atoms with Gasteiger partial charge in [-0.25, -0.2) is 0 Å². The van der Waals surface area contributed by atoms with E-state index in [1.807, 2.05) is 0 Å². The summed E-state index contributed by atoms with van der Waals surface area (Å²) in [5.41, 5.74) is 9.27. The monoisotopic (exact) mass is 246 g/mol. The molecule has 0 spiro atoms. The summed E-state index contributed by atoms with van der Waals surface area (Å²) < 4.78 is 5.41. The maximum Gasteiger partial charge on any atom is 0.159 e. The van der Waals surface area contributed by atoms with Crippen LogP contribution in [0.25, 0.3) is 10.9 Å². The number of hydrogen-bond donors (Lipinski definition) is 3. The number of nitrogens with two attached hydrogens (primary N) is 1. The van der Waals surface area contributed by atoms with Crippen LogP contribution in [0.4, 0.5) is 5.69 Å². The number of rotatable bonds is 0. The SMILES string of the molecule is Nc1c2c(nc3cc(O)c(O)cc13)CCOCC2. The maximum atomic E-state index is 9.54. The second-order valence-corrected chi connectivity index (χ2v) is 4.42. The van der Waals surface area contributed by atoms with Crippen LogP contribution in [0.1, 0.15) is 11.3 Å². The van der Waals surface area contributed by atoms with E-state index < -0.39 is 0 Å². The molecular formula is C13H14N2O3. The molecule has 3 rings (SSSR count). The lowest BCUT2D eigenvalue weighted by atomic mass is 10.0. The van der Waals surface area contributed by atoms with Gasteiger partial charge >= 0.3 is 0 Å². The van der Waals surface area contributed by atoms with Crippen LogP contribution >= 0.6 is 0 Å². The molecule has 4 N–H and O–H groups in total. The van der Waals surface area contributed by atoms with Gasteiger partial charge in [-0.3, -0.25) is 4.98 Å². The zero-order chi connectivity index (χ0) is 12.7. The predicted octanol–water partition coefficient (Wildman–Crippen LogP) is 1.34. The third-order valence-electron chi connectivity index (χ3n) is 3.29. The highest BCUT2D eigenvalue weighted by atomic mass is 16.5. The smallest absolute Gasteiger partial charge is 0.159 e. The molecule has 1 aliphatic rings. The van der Waals surface area contributed by atoms with E-state index in [2.05, 4.69) is 4.98 Å². The number of hydrogen-bond acceptors (Lipinski definition) is 5. The normalized spacial score (nSPS) is 15.3. The van der Waals surface area contributed by atoms with Gasteiger partial charge in [0.25, 0.3) is 0 Å². The molecule has 2 aromatic rings. The van der Waals surface area contributed by atoms with Crippen molar-refractivity contribution in [3.63, 3.8) is 0 Å². The van der Waals surface area contributed by atoms with Crippen LogP contribution in [0.15, 0.2) is 12.1 Å². The van der Waals surface area contributed by atoms with Gasteiger partial charge in [0.1, 0.15) is 0 Å². The van der Waals surface area contributed by atoms with Gasteiger partial charge in [0.05, 0.1) is 18.7 Å². The van der Waals surface area contributed by atoms with Gasteiger partial charge in [0.2, 0.25) is 0 Å². The van der Waals surface area contributed by atoms with Crippen LogP contribution in [0.5, 0.6) is 11.5 Å². The quantitative estimate of drug-likeness (QED) is 0.610. The van der Waals surface area contributed by atoms with Crippen molar-refractivity contribution in [3.05, 3.63) is 23.4 Å². The highest BCUT2D eigenvalue weighted by Gasteiger charge is 2.16. The molecule has 1 aliphatic heterocycles. The summed E-state index contributed by atoms with van der Waals surface area (Å²) in [5.74, 6) is -0.361. The van der Waals surface area contributed by atoms with Crippen LogP contribution in [0, 0.1) is 0 Å². The minimum atomic E-state index is -0.181. The first-order chi connectivity index (χ1) is 8.66. The van der Waals surface area contributed by atoms with E-state index in [-0.39, 0.29) is 11.5 Å². The number of aromatic hydroxyl groups is 2. The summed E-state index contributed by atoms with van der Waals surface area (Å²) in [4.78, 5) is 4.51. The molecule has 0 saturated carbocycles. The van der Waals surface area contributed by atoms with Crippen LogP contribution in [-0.2, 0) is 17.6 Å². The minimum absolute atomic E-state index is 0.180. The first-order valence-corrected chi connectivity index (χ1v) is 5.87. The van der Waals surface area contributed by atoms with Crippen molar-refractivity contribution in [3.8, 4) is 11.5 Å². The van der Waals surface area contributed by atoms with Gasteiger partial charge < -0.3 is 20.7 Å². The Labute approximate surface area is 104 Å². The van der Waals surface area contributed by atoms with Crippen molar-refractivity contribution in [1.82, 2.24) is 4.98 Å². The third-order valence-corrected chi connectivity index (χ3v) is 3.29. The first kappa shape index (κ1) is 11.1. The number of fused-ring (bicyclic) bond motifs is 2. The van der Waals surface area contributed by atoms with E-state index >= 15 is 0 Å². The van der Waals surface area contributed by atoms with Gasteiger partial charge in [0.15, 0.2) is 11.5 Å². The molecule has 18 heavy (non-hydrogen) atoms. The number of aromatic nitrogens is 1. The average molecular weight is 246 g/mol. The molecule has 1 aromatic heterocycles. The Bertz CT molecular complexity index is 625. The first-order valence-electron chi connectivity index (χ1n) is 5.87. The lowest BCUT2D eigenvalue weighted by molar-refractivity contribution is 0.146. The summed E-state index contributed by atoms with van der Waals surface area (Å²) >= 11 is 0. The van der Waals surface area contributed by atoms with E-state index in [1.165, 1.54) is 12.1 Å². The van der Waals surface area contributed by atoms with Crippen LogP contribution in [0.3, 0.4) is 0 Å². The van der Waals surface area contributed by atoms with Crippen molar-refractivity contribution >= 4 is 16.6 Å². The molecule has 5 heteroatoms. The highest BCUT2D eigenvalue weighted by molar-refractivity contribution is 5.94. The van der Waals surface area contributed by atoms with Gasteiger partial charge in [-0.1, -0.05) is 0 Å². The van der Waals surface area contributed by atoms with Crippen molar-refractivity contribution in [1.29, 1.82) is 0 Å². The topological polar surface area (TPSA) is 88.6 Å². The zero-order valence-corrected chi connectivity index (χ0v) is 9.81. The fraction of sp³-hybridized carbons (Fsp3) is 0.308. The number of pyridine rings is 1. The summed E-state index contributed by atoms with van der Waals surface area (Å²) in [6, 6.07) is 2.89. The van der Waals surface area contributed by atoms with Crippen molar-refractivity contribution in [2.75, 3.05) is 18.9 Å². The molecule has 0 fully saturated rings. The molecule has 5 nitrogen and oxygen atoms in total. The molecule has 1 aromatic carbocycles. The minimum Gasteiger partial charge on any atom is -0.504 e. The lowest BCUT2D eigenvalue weighted by Gasteiger charge is -2.12. The second kappa shape index (κ2) is 4.03. The number of nitrogen functional groups attached to an aromatic ring is 1. The van der Waals surface area contributed by atoms with E-state index in [4.69, 9.17) is 10.5 Å². The maximum absolute atomic E-state index is 9.54. The fourth-order valence-corrected chi connectivity index (χ4v) is 2.34. The largest absolute Gasteiger partial charge is 0.504 e. The van der Waals surface area contributed by atoms with E-state index in [0.717, 1.165) is 24.1 Å². The van der Waals surface area contributed by atoms with E-state index in [9.17, 15) is 10.2 Å². The molecule has 0 aliphatic carbocycles. The summed E-state index contributed by atoms with van der Waals surface area (Å²) in [5, 5.41) is 19.7. The van der Waals surface area contributed by atoms with E-state index in [0.29, 0.717) is 29.8 Å². The lowest BCUT2D eigenvalue weighted by Crippen LogP contribution is -2.04. The Morgan fingerprint density at radius 1 is 1.11 bits per heavy atom. The predicted molar refractivity (Wildman–Crippen MR) is 67.7 cm³/mol. The molecule has 0 unspecified atom stereocenters. The summed E-state index contributed by atoms with van der Waals surface area (Å²) in [6.45, 7) is 1.27. The Morgan fingerprint density at radius 2 is 1.83 bits per heavy atom. The molecule has 2 heterocycles. The Kier molecular flexibility index (Phi) is 2.48. The Balaban J connectivity index is 2.31. The van der Waals surface area contributed by atoms with E-state index in [1.54, 1.807) is 0 Å². The van der Waals surface area contributed by atoms with Gasteiger partial charge in [-0.05, 0) is 18.1 Å². The molecular weight excluding hydrogens is 232 g/mol. The number of phenolic OH excluding ortho intramolecular Hbond substituents is 2. The highest BCUT2D eigenvalue weighted by Crippen LogP contribution is 2.35. The van der Waals surface area contributed by atoms with Gasteiger partial charge in [0, 0.05) is 29.3 Å². The molecule has 94 valence electrons.